The fourth-order valence-corrected chi connectivity index (χ4v) is 2.12. The molecule has 1 atom stereocenters. The van der Waals surface area contributed by atoms with Crippen molar-refractivity contribution in [3.63, 3.8) is 0 Å². The fourth-order valence-electron chi connectivity index (χ4n) is 2.12. The van der Waals surface area contributed by atoms with Gasteiger partial charge in [0.1, 0.15) is 0 Å². The maximum atomic E-state index is 12.0. The number of hydrogen-bond donors (Lipinski definition) is 1. The minimum absolute atomic E-state index is 0.0389. The van der Waals surface area contributed by atoms with Crippen molar-refractivity contribution in [1.82, 2.24) is 4.57 Å². The van der Waals surface area contributed by atoms with Gasteiger partial charge in [-0.05, 0) is 23.1 Å². The van der Waals surface area contributed by atoms with Crippen LogP contribution in [0.15, 0.2) is 47.4 Å². The molecule has 2 N–H and O–H groups in total. The van der Waals surface area contributed by atoms with Crippen LogP contribution in [0.25, 0.3) is 0 Å². The Morgan fingerprint density at radius 2 is 1.63 bits per heavy atom. The second-order valence-electron chi connectivity index (χ2n) is 5.18. The van der Waals surface area contributed by atoms with Crippen LogP contribution in [0.4, 0.5) is 0 Å². The summed E-state index contributed by atoms with van der Waals surface area (Å²) >= 11 is 0. The van der Waals surface area contributed by atoms with E-state index in [0.29, 0.717) is 11.5 Å². The lowest BCUT2D eigenvalue weighted by Crippen LogP contribution is -2.26. The van der Waals surface area contributed by atoms with Gasteiger partial charge in [0.05, 0.1) is 6.04 Å². The maximum absolute atomic E-state index is 12.0. The van der Waals surface area contributed by atoms with Crippen LogP contribution in [0.5, 0.6) is 0 Å². The molecule has 0 saturated heterocycles. The summed E-state index contributed by atoms with van der Waals surface area (Å²) in [5.41, 5.74) is 9.03. The van der Waals surface area contributed by atoms with Gasteiger partial charge in [0.25, 0.3) is 5.56 Å². The van der Waals surface area contributed by atoms with Gasteiger partial charge < -0.3 is 10.3 Å². The zero-order valence-corrected chi connectivity index (χ0v) is 11.6. The van der Waals surface area contributed by atoms with Crippen molar-refractivity contribution < 1.29 is 0 Å². The first kappa shape index (κ1) is 13.6. The molecular weight excluding hydrogens is 236 g/mol. The molecule has 3 heteroatoms. The summed E-state index contributed by atoms with van der Waals surface area (Å²) in [6.45, 7) is 4.31. The van der Waals surface area contributed by atoms with Gasteiger partial charge in [-0.1, -0.05) is 44.2 Å². The van der Waals surface area contributed by atoms with Crippen molar-refractivity contribution >= 4 is 0 Å². The summed E-state index contributed by atoms with van der Waals surface area (Å²) in [4.78, 5) is 12.0. The summed E-state index contributed by atoms with van der Waals surface area (Å²) in [7, 11) is 1.74. The molecule has 2 aromatic rings. The first-order valence-electron chi connectivity index (χ1n) is 6.51. The number of aryl methyl sites for hydroxylation is 1. The molecule has 0 aliphatic carbocycles. The number of benzene rings is 1. The smallest absolute Gasteiger partial charge is 0.255 e. The Bertz CT molecular complexity index is 611. The molecule has 0 aliphatic rings. The first-order valence-corrected chi connectivity index (χ1v) is 6.51. The van der Waals surface area contributed by atoms with E-state index in [1.165, 1.54) is 5.56 Å². The van der Waals surface area contributed by atoms with Gasteiger partial charge in [-0.25, -0.2) is 0 Å². The zero-order valence-electron chi connectivity index (χ0n) is 11.6. The van der Waals surface area contributed by atoms with Gasteiger partial charge in [-0.15, -0.1) is 0 Å². The number of rotatable bonds is 3. The normalized spacial score (nSPS) is 12.7. The third kappa shape index (κ3) is 2.76. The van der Waals surface area contributed by atoms with Gasteiger partial charge >= 0.3 is 0 Å². The standard InChI is InChI=1S/C16H20N2O/c1-11(2)12-6-8-13(9-7-12)15(17)14-5-4-10-18(3)16(14)19/h4-11,15H,17H2,1-3H3. The SMILES string of the molecule is CC(C)c1ccc(C(N)c2cccn(C)c2=O)cc1. The molecule has 0 saturated carbocycles. The van der Waals surface area contributed by atoms with Crippen LogP contribution in [-0.2, 0) is 7.05 Å². The average molecular weight is 256 g/mol. The molecule has 0 fully saturated rings. The van der Waals surface area contributed by atoms with Crippen LogP contribution in [0.2, 0.25) is 0 Å². The van der Waals surface area contributed by atoms with Crippen LogP contribution >= 0.6 is 0 Å². The molecule has 0 amide bonds. The monoisotopic (exact) mass is 256 g/mol. The van der Waals surface area contributed by atoms with Gasteiger partial charge in [-0.2, -0.15) is 0 Å². The van der Waals surface area contributed by atoms with E-state index in [9.17, 15) is 4.79 Å². The first-order chi connectivity index (χ1) is 9.00. The number of nitrogens with zero attached hydrogens (tertiary/aromatic N) is 1. The molecular formula is C16H20N2O. The third-order valence-electron chi connectivity index (χ3n) is 3.45. The minimum Gasteiger partial charge on any atom is -0.320 e. The molecule has 1 heterocycles. The van der Waals surface area contributed by atoms with Crippen molar-refractivity contribution in [2.75, 3.05) is 0 Å². The highest BCUT2D eigenvalue weighted by atomic mass is 16.1. The lowest BCUT2D eigenvalue weighted by Gasteiger charge is -2.14. The quantitative estimate of drug-likeness (QED) is 0.917. The van der Waals surface area contributed by atoms with Crippen molar-refractivity contribution in [2.45, 2.75) is 25.8 Å². The Hall–Kier alpha value is -1.87. The van der Waals surface area contributed by atoms with E-state index in [0.717, 1.165) is 5.56 Å². The molecule has 100 valence electrons. The van der Waals surface area contributed by atoms with Crippen molar-refractivity contribution in [3.8, 4) is 0 Å². The molecule has 0 radical (unpaired) electrons. The van der Waals surface area contributed by atoms with Gasteiger partial charge in [0, 0.05) is 18.8 Å². The Balaban J connectivity index is 2.36. The number of nitrogens with two attached hydrogens (primary N) is 1. The Kier molecular flexibility index (Phi) is 3.86. The molecule has 2 rings (SSSR count). The van der Waals surface area contributed by atoms with E-state index in [-0.39, 0.29) is 11.6 Å². The van der Waals surface area contributed by atoms with Gasteiger partial charge in [0.15, 0.2) is 0 Å². The molecule has 19 heavy (non-hydrogen) atoms. The van der Waals surface area contributed by atoms with E-state index in [1.54, 1.807) is 23.9 Å². The molecule has 0 spiro atoms. The van der Waals surface area contributed by atoms with Crippen LogP contribution in [0, 0.1) is 0 Å². The highest BCUT2D eigenvalue weighted by molar-refractivity contribution is 5.32. The number of hydrogen-bond acceptors (Lipinski definition) is 2. The lowest BCUT2D eigenvalue weighted by molar-refractivity contribution is 0.782. The molecule has 0 aliphatic heterocycles. The summed E-state index contributed by atoms with van der Waals surface area (Å²) < 4.78 is 1.55. The van der Waals surface area contributed by atoms with Crippen molar-refractivity contribution in [2.24, 2.45) is 12.8 Å². The third-order valence-corrected chi connectivity index (χ3v) is 3.45. The predicted molar refractivity (Wildman–Crippen MR) is 78.2 cm³/mol. The topological polar surface area (TPSA) is 48.0 Å². The van der Waals surface area contributed by atoms with Gasteiger partial charge in [-0.3, -0.25) is 4.79 Å². The second kappa shape index (κ2) is 5.41. The summed E-state index contributed by atoms with van der Waals surface area (Å²) in [6, 6.07) is 11.4. The summed E-state index contributed by atoms with van der Waals surface area (Å²) in [5.74, 6) is 0.495. The number of pyridine rings is 1. The lowest BCUT2D eigenvalue weighted by atomic mass is 9.96. The molecule has 1 aromatic heterocycles. The van der Waals surface area contributed by atoms with E-state index in [1.807, 2.05) is 18.2 Å². The predicted octanol–water partition coefficient (Wildman–Crippen LogP) is 2.56. The highest BCUT2D eigenvalue weighted by Gasteiger charge is 2.13. The maximum Gasteiger partial charge on any atom is 0.255 e. The van der Waals surface area contributed by atoms with E-state index >= 15 is 0 Å². The average Bonchev–Trinajstić information content (AvgIpc) is 2.41. The minimum atomic E-state index is -0.374. The van der Waals surface area contributed by atoms with Crippen LogP contribution in [0.3, 0.4) is 0 Å². The van der Waals surface area contributed by atoms with Crippen LogP contribution in [-0.4, -0.2) is 4.57 Å². The summed E-state index contributed by atoms with van der Waals surface area (Å²) in [6.07, 6.45) is 1.74. The Labute approximate surface area is 113 Å². The van der Waals surface area contributed by atoms with Crippen molar-refractivity contribution in [3.05, 3.63) is 69.6 Å². The van der Waals surface area contributed by atoms with Crippen LogP contribution < -0.4 is 11.3 Å². The second-order valence-corrected chi connectivity index (χ2v) is 5.18. The Morgan fingerprint density at radius 1 is 1.05 bits per heavy atom. The largest absolute Gasteiger partial charge is 0.320 e. The highest BCUT2D eigenvalue weighted by Crippen LogP contribution is 2.20. The van der Waals surface area contributed by atoms with E-state index in [2.05, 4.69) is 26.0 Å². The molecule has 1 unspecified atom stereocenters. The molecule has 1 aromatic carbocycles. The zero-order chi connectivity index (χ0) is 14.0. The van der Waals surface area contributed by atoms with Gasteiger partial charge in [0.2, 0.25) is 0 Å². The fraction of sp³-hybridized carbons (Fsp3) is 0.312. The Morgan fingerprint density at radius 3 is 2.21 bits per heavy atom. The molecule has 3 nitrogen and oxygen atoms in total. The number of aromatic nitrogens is 1. The van der Waals surface area contributed by atoms with E-state index < -0.39 is 0 Å². The summed E-state index contributed by atoms with van der Waals surface area (Å²) in [5, 5.41) is 0. The van der Waals surface area contributed by atoms with Crippen molar-refractivity contribution in [1.29, 1.82) is 0 Å². The van der Waals surface area contributed by atoms with E-state index in [4.69, 9.17) is 5.73 Å². The van der Waals surface area contributed by atoms with Crippen LogP contribution in [0.1, 0.15) is 42.5 Å². The molecule has 0 bridgehead atoms.